The van der Waals surface area contributed by atoms with E-state index in [0.29, 0.717) is 29.4 Å². The molecule has 0 saturated carbocycles. The lowest BCUT2D eigenvalue weighted by Crippen LogP contribution is -1.95. The molecule has 0 N–H and O–H groups in total. The summed E-state index contributed by atoms with van der Waals surface area (Å²) in [4.78, 5) is 0. The van der Waals surface area contributed by atoms with Gasteiger partial charge in [0.05, 0.1) is 28.4 Å². The Kier molecular flexibility index (Phi) is 5.41. The van der Waals surface area contributed by atoms with E-state index >= 15 is 0 Å². The Bertz CT molecular complexity index is 787. The van der Waals surface area contributed by atoms with Crippen molar-refractivity contribution in [3.05, 3.63) is 41.5 Å². The predicted molar refractivity (Wildman–Crippen MR) is 98.0 cm³/mol. The minimum absolute atomic E-state index is 0.239. The molecule has 0 bridgehead atoms. The summed E-state index contributed by atoms with van der Waals surface area (Å²) >= 11 is 0. The van der Waals surface area contributed by atoms with Gasteiger partial charge in [0.2, 0.25) is 12.5 Å². The summed E-state index contributed by atoms with van der Waals surface area (Å²) in [5.74, 6) is 4.02. The van der Waals surface area contributed by atoms with Crippen LogP contribution in [0.4, 0.5) is 0 Å². The number of allylic oxidation sites excluding steroid dienone is 1. The zero-order valence-electron chi connectivity index (χ0n) is 15.3. The summed E-state index contributed by atoms with van der Waals surface area (Å²) in [6, 6.07) is 7.59. The van der Waals surface area contributed by atoms with Gasteiger partial charge in [0, 0.05) is 11.6 Å². The van der Waals surface area contributed by atoms with Crippen LogP contribution in [-0.2, 0) is 6.42 Å². The molecule has 0 fully saturated rings. The molecular formula is C20H22O6. The van der Waals surface area contributed by atoms with Crippen LogP contribution in [0, 0.1) is 0 Å². The van der Waals surface area contributed by atoms with E-state index in [1.807, 2.05) is 36.4 Å². The van der Waals surface area contributed by atoms with Crippen molar-refractivity contribution in [1.29, 1.82) is 0 Å². The lowest BCUT2D eigenvalue weighted by molar-refractivity contribution is 0.174. The number of benzene rings is 2. The molecule has 0 aliphatic carbocycles. The SMILES string of the molecule is COc1cc2c(cc1CC=Cc1cc(OC)c(OC)c(OC)c1)OCO2. The quantitative estimate of drug-likeness (QED) is 0.752. The molecule has 138 valence electrons. The molecule has 6 nitrogen and oxygen atoms in total. The Balaban J connectivity index is 1.83. The van der Waals surface area contributed by atoms with Gasteiger partial charge < -0.3 is 28.4 Å². The molecule has 3 rings (SSSR count). The van der Waals surface area contributed by atoms with Crippen LogP contribution in [0.1, 0.15) is 11.1 Å². The van der Waals surface area contributed by atoms with E-state index in [4.69, 9.17) is 28.4 Å². The van der Waals surface area contributed by atoms with Crippen LogP contribution >= 0.6 is 0 Å². The standard InChI is InChI=1S/C20H22O6/c1-21-15-11-17-16(25-12-26-17)10-14(15)7-5-6-13-8-18(22-2)20(24-4)19(9-13)23-3/h5-6,8-11H,7,12H2,1-4H3. The smallest absolute Gasteiger partial charge is 0.231 e. The average Bonchev–Trinajstić information content (AvgIpc) is 3.13. The summed E-state index contributed by atoms with van der Waals surface area (Å²) in [7, 11) is 6.43. The zero-order chi connectivity index (χ0) is 18.5. The highest BCUT2D eigenvalue weighted by atomic mass is 16.7. The molecule has 0 aromatic heterocycles. The van der Waals surface area contributed by atoms with Crippen molar-refractivity contribution in [2.24, 2.45) is 0 Å². The Morgan fingerprint density at radius 2 is 1.42 bits per heavy atom. The van der Waals surface area contributed by atoms with Crippen molar-refractivity contribution < 1.29 is 28.4 Å². The summed E-state index contributed by atoms with van der Waals surface area (Å²) in [5.41, 5.74) is 1.96. The van der Waals surface area contributed by atoms with Gasteiger partial charge in [-0.25, -0.2) is 0 Å². The molecule has 0 radical (unpaired) electrons. The fourth-order valence-corrected chi connectivity index (χ4v) is 2.83. The van der Waals surface area contributed by atoms with Gasteiger partial charge in [0.1, 0.15) is 5.75 Å². The molecular weight excluding hydrogens is 336 g/mol. The highest BCUT2D eigenvalue weighted by Gasteiger charge is 2.17. The maximum atomic E-state index is 5.45. The van der Waals surface area contributed by atoms with Crippen molar-refractivity contribution >= 4 is 6.08 Å². The van der Waals surface area contributed by atoms with Crippen LogP contribution in [0.3, 0.4) is 0 Å². The number of rotatable bonds is 7. The number of fused-ring (bicyclic) bond motifs is 1. The van der Waals surface area contributed by atoms with Crippen molar-refractivity contribution in [2.45, 2.75) is 6.42 Å². The third-order valence-corrected chi connectivity index (χ3v) is 4.11. The monoisotopic (exact) mass is 358 g/mol. The van der Waals surface area contributed by atoms with Crippen molar-refractivity contribution in [3.63, 3.8) is 0 Å². The minimum atomic E-state index is 0.239. The number of hydrogen-bond acceptors (Lipinski definition) is 6. The fourth-order valence-electron chi connectivity index (χ4n) is 2.83. The molecule has 6 heteroatoms. The zero-order valence-corrected chi connectivity index (χ0v) is 15.3. The number of ether oxygens (including phenoxy) is 6. The maximum absolute atomic E-state index is 5.45. The first-order chi connectivity index (χ1) is 12.7. The average molecular weight is 358 g/mol. The van der Waals surface area contributed by atoms with Gasteiger partial charge in [-0.1, -0.05) is 12.2 Å². The van der Waals surface area contributed by atoms with Crippen molar-refractivity contribution in [1.82, 2.24) is 0 Å². The summed E-state index contributed by atoms with van der Waals surface area (Å²) in [6.45, 7) is 0.239. The second-order valence-corrected chi connectivity index (χ2v) is 5.58. The first kappa shape index (κ1) is 17.8. The summed E-state index contributed by atoms with van der Waals surface area (Å²) < 4.78 is 32.4. The number of hydrogen-bond donors (Lipinski definition) is 0. The van der Waals surface area contributed by atoms with Crippen LogP contribution in [0.2, 0.25) is 0 Å². The predicted octanol–water partition coefficient (Wildman–Crippen LogP) is 3.71. The molecule has 1 aliphatic heterocycles. The molecule has 0 unspecified atom stereocenters. The van der Waals surface area contributed by atoms with Gasteiger partial charge in [-0.15, -0.1) is 0 Å². The second-order valence-electron chi connectivity index (χ2n) is 5.58. The number of methoxy groups -OCH3 is 4. The highest BCUT2D eigenvalue weighted by molar-refractivity contribution is 5.62. The van der Waals surface area contributed by atoms with Crippen LogP contribution in [0.25, 0.3) is 6.08 Å². The Morgan fingerprint density at radius 3 is 2.00 bits per heavy atom. The molecule has 26 heavy (non-hydrogen) atoms. The molecule has 1 aliphatic rings. The van der Waals surface area contributed by atoms with E-state index in [1.54, 1.807) is 28.4 Å². The van der Waals surface area contributed by atoms with Gasteiger partial charge in [0.15, 0.2) is 23.0 Å². The van der Waals surface area contributed by atoms with Gasteiger partial charge in [-0.05, 0) is 30.2 Å². The lowest BCUT2D eigenvalue weighted by Gasteiger charge is -2.13. The first-order valence-electron chi connectivity index (χ1n) is 8.13. The van der Waals surface area contributed by atoms with Crippen molar-refractivity contribution in [2.75, 3.05) is 35.2 Å². The van der Waals surface area contributed by atoms with E-state index in [1.165, 1.54) is 0 Å². The molecule has 0 spiro atoms. The topological polar surface area (TPSA) is 55.4 Å². The second kappa shape index (κ2) is 7.91. The van der Waals surface area contributed by atoms with Crippen LogP contribution in [0.5, 0.6) is 34.5 Å². The lowest BCUT2D eigenvalue weighted by atomic mass is 10.1. The fraction of sp³-hybridized carbons (Fsp3) is 0.300. The molecule has 0 atom stereocenters. The van der Waals surface area contributed by atoms with E-state index in [9.17, 15) is 0 Å². The molecule has 1 heterocycles. The minimum Gasteiger partial charge on any atom is -0.496 e. The van der Waals surface area contributed by atoms with Crippen LogP contribution in [0.15, 0.2) is 30.3 Å². The Hall–Kier alpha value is -3.02. The van der Waals surface area contributed by atoms with Crippen molar-refractivity contribution in [3.8, 4) is 34.5 Å². The normalized spacial score (nSPS) is 12.3. The molecule has 2 aromatic carbocycles. The summed E-state index contributed by atoms with van der Waals surface area (Å²) in [6.07, 6.45) is 4.71. The Morgan fingerprint density at radius 1 is 0.808 bits per heavy atom. The molecule has 2 aromatic rings. The largest absolute Gasteiger partial charge is 0.496 e. The highest BCUT2D eigenvalue weighted by Crippen LogP contribution is 2.39. The van der Waals surface area contributed by atoms with Gasteiger partial charge in [-0.2, -0.15) is 0 Å². The van der Waals surface area contributed by atoms with Gasteiger partial charge >= 0.3 is 0 Å². The van der Waals surface area contributed by atoms with Crippen LogP contribution < -0.4 is 28.4 Å². The van der Waals surface area contributed by atoms with E-state index in [0.717, 1.165) is 22.6 Å². The van der Waals surface area contributed by atoms with E-state index < -0.39 is 0 Å². The third-order valence-electron chi connectivity index (χ3n) is 4.11. The van der Waals surface area contributed by atoms with Gasteiger partial charge in [0.25, 0.3) is 0 Å². The van der Waals surface area contributed by atoms with Crippen LogP contribution in [-0.4, -0.2) is 35.2 Å². The molecule has 0 amide bonds. The Labute approximate surface area is 152 Å². The third kappa shape index (κ3) is 3.49. The van der Waals surface area contributed by atoms with E-state index in [2.05, 4.69) is 0 Å². The summed E-state index contributed by atoms with van der Waals surface area (Å²) in [5, 5.41) is 0. The first-order valence-corrected chi connectivity index (χ1v) is 8.13. The maximum Gasteiger partial charge on any atom is 0.231 e. The van der Waals surface area contributed by atoms with Gasteiger partial charge in [-0.3, -0.25) is 0 Å². The molecule has 0 saturated heterocycles. The van der Waals surface area contributed by atoms with E-state index in [-0.39, 0.29) is 6.79 Å².